The molecule has 1 N–H and O–H groups in total. The van der Waals surface area contributed by atoms with Gasteiger partial charge in [0.2, 0.25) is 5.91 Å². The Bertz CT molecular complexity index is 243. The molecule has 0 aromatic heterocycles. The molecule has 0 aromatic rings. The molecule has 106 valence electrons. The van der Waals surface area contributed by atoms with Crippen LogP contribution in [0.4, 0.5) is 0 Å². The van der Waals surface area contributed by atoms with Gasteiger partial charge >= 0.3 is 0 Å². The van der Waals surface area contributed by atoms with E-state index < -0.39 is 0 Å². The Kier molecular flexibility index (Phi) is 7.33. The van der Waals surface area contributed by atoms with Gasteiger partial charge in [-0.2, -0.15) is 0 Å². The van der Waals surface area contributed by atoms with Gasteiger partial charge in [-0.25, -0.2) is 0 Å². The van der Waals surface area contributed by atoms with E-state index in [1.165, 1.54) is 38.5 Å². The summed E-state index contributed by atoms with van der Waals surface area (Å²) in [4.78, 5) is 14.2. The summed E-state index contributed by atoms with van der Waals surface area (Å²) in [6.07, 6.45) is 7.73. The third kappa shape index (κ3) is 4.60. The third-order valence-electron chi connectivity index (χ3n) is 4.04. The van der Waals surface area contributed by atoms with Gasteiger partial charge in [-0.15, -0.1) is 0 Å². The van der Waals surface area contributed by atoms with Gasteiger partial charge in [-0.3, -0.25) is 4.79 Å². The van der Waals surface area contributed by atoms with Crippen LogP contribution in [0.1, 0.15) is 59.3 Å². The van der Waals surface area contributed by atoms with E-state index in [1.807, 2.05) is 4.90 Å². The molecule has 1 amide bonds. The van der Waals surface area contributed by atoms with Gasteiger partial charge in [-0.05, 0) is 19.3 Å². The average molecular weight is 254 g/mol. The summed E-state index contributed by atoms with van der Waals surface area (Å²) >= 11 is 0. The van der Waals surface area contributed by atoms with E-state index in [0.717, 1.165) is 19.6 Å². The number of likely N-dealkylation sites (N-methyl/N-ethyl adjacent to an activating group) is 1. The highest BCUT2D eigenvalue weighted by atomic mass is 16.2. The second-order valence-corrected chi connectivity index (χ2v) is 5.53. The number of hydrogen-bond acceptors (Lipinski definition) is 2. The Morgan fingerprint density at radius 2 is 2.00 bits per heavy atom. The van der Waals surface area contributed by atoms with Crippen LogP contribution in [0, 0.1) is 5.92 Å². The fourth-order valence-electron chi connectivity index (χ4n) is 2.74. The zero-order chi connectivity index (χ0) is 13.4. The topological polar surface area (TPSA) is 32.3 Å². The summed E-state index contributed by atoms with van der Waals surface area (Å²) < 4.78 is 0. The van der Waals surface area contributed by atoms with Crippen LogP contribution < -0.4 is 5.32 Å². The van der Waals surface area contributed by atoms with E-state index in [4.69, 9.17) is 0 Å². The Hall–Kier alpha value is -0.570. The van der Waals surface area contributed by atoms with Crippen LogP contribution >= 0.6 is 0 Å². The summed E-state index contributed by atoms with van der Waals surface area (Å²) in [6, 6.07) is 0.0601. The van der Waals surface area contributed by atoms with Crippen LogP contribution in [0.3, 0.4) is 0 Å². The first-order chi connectivity index (χ1) is 8.70. The molecule has 18 heavy (non-hydrogen) atoms. The lowest BCUT2D eigenvalue weighted by molar-refractivity contribution is -0.136. The predicted molar refractivity (Wildman–Crippen MR) is 76.6 cm³/mol. The van der Waals surface area contributed by atoms with Crippen LogP contribution in [0.25, 0.3) is 0 Å². The summed E-state index contributed by atoms with van der Waals surface area (Å²) in [5.41, 5.74) is 0. The quantitative estimate of drug-likeness (QED) is 0.676. The molecule has 1 rings (SSSR count). The van der Waals surface area contributed by atoms with E-state index in [9.17, 15) is 4.79 Å². The molecule has 0 spiro atoms. The van der Waals surface area contributed by atoms with Crippen molar-refractivity contribution in [1.29, 1.82) is 0 Å². The van der Waals surface area contributed by atoms with Gasteiger partial charge in [0.25, 0.3) is 0 Å². The van der Waals surface area contributed by atoms with Crippen molar-refractivity contribution in [2.24, 2.45) is 5.92 Å². The van der Waals surface area contributed by atoms with E-state index in [2.05, 4.69) is 26.1 Å². The highest BCUT2D eigenvalue weighted by Gasteiger charge is 2.30. The molecule has 1 saturated heterocycles. The monoisotopic (exact) mass is 254 g/mol. The summed E-state index contributed by atoms with van der Waals surface area (Å²) in [7, 11) is 0. The lowest BCUT2D eigenvalue weighted by Crippen LogP contribution is -2.57. The van der Waals surface area contributed by atoms with Gasteiger partial charge < -0.3 is 10.2 Å². The second kappa shape index (κ2) is 8.52. The van der Waals surface area contributed by atoms with Gasteiger partial charge in [0, 0.05) is 19.6 Å². The minimum absolute atomic E-state index is 0.0601. The Labute approximate surface area is 112 Å². The molecule has 0 saturated carbocycles. The van der Waals surface area contributed by atoms with Crippen molar-refractivity contribution in [3.05, 3.63) is 0 Å². The van der Waals surface area contributed by atoms with Crippen molar-refractivity contribution in [2.45, 2.75) is 65.3 Å². The maximum absolute atomic E-state index is 12.2. The molecule has 1 heterocycles. The molecule has 2 unspecified atom stereocenters. The average Bonchev–Trinajstić information content (AvgIpc) is 2.38. The highest BCUT2D eigenvalue weighted by molar-refractivity contribution is 5.82. The van der Waals surface area contributed by atoms with Crippen LogP contribution in [0.15, 0.2) is 0 Å². The van der Waals surface area contributed by atoms with Crippen molar-refractivity contribution in [1.82, 2.24) is 10.2 Å². The van der Waals surface area contributed by atoms with Gasteiger partial charge in [0.1, 0.15) is 0 Å². The largest absolute Gasteiger partial charge is 0.340 e. The van der Waals surface area contributed by atoms with Crippen molar-refractivity contribution in [2.75, 3.05) is 19.6 Å². The molecule has 3 nitrogen and oxygen atoms in total. The van der Waals surface area contributed by atoms with Crippen molar-refractivity contribution >= 4 is 5.91 Å². The Balaban J connectivity index is 2.27. The molecule has 2 atom stereocenters. The maximum atomic E-state index is 12.2. The zero-order valence-electron chi connectivity index (χ0n) is 12.4. The second-order valence-electron chi connectivity index (χ2n) is 5.53. The number of amides is 1. The standard InChI is InChI=1S/C15H30N2O/c1-4-6-7-8-9-10-13(3)14-15(18)17(5-2)12-11-16-14/h13-14,16H,4-12H2,1-3H3. The van der Waals surface area contributed by atoms with E-state index >= 15 is 0 Å². The first kappa shape index (κ1) is 15.5. The van der Waals surface area contributed by atoms with Crippen LogP contribution in [-0.2, 0) is 4.79 Å². The molecule has 0 aromatic carbocycles. The van der Waals surface area contributed by atoms with E-state index in [-0.39, 0.29) is 6.04 Å². The summed E-state index contributed by atoms with van der Waals surface area (Å²) in [5, 5.41) is 3.39. The number of nitrogens with one attached hydrogen (secondary N) is 1. The first-order valence-electron chi connectivity index (χ1n) is 7.72. The molecular formula is C15H30N2O. The van der Waals surface area contributed by atoms with Gasteiger partial charge in [0.15, 0.2) is 0 Å². The van der Waals surface area contributed by atoms with Gasteiger partial charge in [-0.1, -0.05) is 46.0 Å². The normalized spacial score (nSPS) is 22.3. The molecule has 1 aliphatic heterocycles. The molecule has 0 bridgehead atoms. The number of carbonyl (C=O) groups is 1. The van der Waals surface area contributed by atoms with Crippen LogP contribution in [-0.4, -0.2) is 36.5 Å². The minimum Gasteiger partial charge on any atom is -0.340 e. The zero-order valence-corrected chi connectivity index (χ0v) is 12.4. The molecular weight excluding hydrogens is 224 g/mol. The Morgan fingerprint density at radius 1 is 1.28 bits per heavy atom. The lowest BCUT2D eigenvalue weighted by atomic mass is 9.93. The number of unbranched alkanes of at least 4 members (excludes halogenated alkanes) is 4. The predicted octanol–water partition coefficient (Wildman–Crippen LogP) is 2.80. The summed E-state index contributed by atoms with van der Waals surface area (Å²) in [5.74, 6) is 0.776. The van der Waals surface area contributed by atoms with E-state index in [1.54, 1.807) is 0 Å². The van der Waals surface area contributed by atoms with Crippen molar-refractivity contribution in [3.63, 3.8) is 0 Å². The minimum atomic E-state index is 0.0601. The smallest absolute Gasteiger partial charge is 0.240 e. The number of piperazine rings is 1. The molecule has 1 aliphatic rings. The number of nitrogens with zero attached hydrogens (tertiary/aromatic N) is 1. The lowest BCUT2D eigenvalue weighted by Gasteiger charge is -2.35. The first-order valence-corrected chi connectivity index (χ1v) is 7.72. The fourth-order valence-corrected chi connectivity index (χ4v) is 2.74. The number of rotatable bonds is 8. The van der Waals surface area contributed by atoms with Crippen molar-refractivity contribution < 1.29 is 4.79 Å². The maximum Gasteiger partial charge on any atom is 0.240 e. The molecule has 3 heteroatoms. The SMILES string of the molecule is CCCCCCCC(C)C1NCCN(CC)C1=O. The number of hydrogen-bond donors (Lipinski definition) is 1. The van der Waals surface area contributed by atoms with Crippen LogP contribution in [0.2, 0.25) is 0 Å². The fraction of sp³-hybridized carbons (Fsp3) is 0.933. The summed E-state index contributed by atoms with van der Waals surface area (Å²) in [6.45, 7) is 9.19. The highest BCUT2D eigenvalue weighted by Crippen LogP contribution is 2.18. The molecule has 0 aliphatic carbocycles. The van der Waals surface area contributed by atoms with Crippen molar-refractivity contribution in [3.8, 4) is 0 Å². The molecule has 1 fully saturated rings. The third-order valence-corrected chi connectivity index (χ3v) is 4.04. The molecule has 0 radical (unpaired) electrons. The van der Waals surface area contributed by atoms with Gasteiger partial charge in [0.05, 0.1) is 6.04 Å². The Morgan fingerprint density at radius 3 is 2.67 bits per heavy atom. The van der Waals surface area contributed by atoms with Crippen LogP contribution in [0.5, 0.6) is 0 Å². The number of carbonyl (C=O) groups excluding carboxylic acids is 1. The van der Waals surface area contributed by atoms with E-state index in [0.29, 0.717) is 11.8 Å².